The van der Waals surface area contributed by atoms with Crippen LogP contribution in [0.5, 0.6) is 0 Å². The summed E-state index contributed by atoms with van der Waals surface area (Å²) in [4.78, 5) is 8.94. The highest BCUT2D eigenvalue weighted by Gasteiger charge is 2.08. The molecular weight excluding hydrogens is 288 g/mol. The Bertz CT molecular complexity index is 768. The van der Waals surface area contributed by atoms with Crippen LogP contribution in [-0.4, -0.2) is 19.7 Å². The van der Waals surface area contributed by atoms with Gasteiger partial charge in [-0.3, -0.25) is 9.67 Å². The summed E-state index contributed by atoms with van der Waals surface area (Å²) in [6.45, 7) is 3.14. The molecule has 0 saturated carbocycles. The second-order valence-corrected chi connectivity index (χ2v) is 5.41. The monoisotopic (exact) mass is 308 g/mol. The van der Waals surface area contributed by atoms with Crippen molar-refractivity contribution in [2.45, 2.75) is 26.6 Å². The number of aryl methyl sites for hydroxylation is 2. The molecule has 2 heterocycles. The van der Waals surface area contributed by atoms with Crippen LogP contribution in [0.15, 0.2) is 48.8 Å². The second kappa shape index (κ2) is 7.15. The molecule has 0 spiro atoms. The van der Waals surface area contributed by atoms with Crippen molar-refractivity contribution in [3.63, 3.8) is 0 Å². The molecule has 5 nitrogen and oxygen atoms in total. The van der Waals surface area contributed by atoms with E-state index >= 15 is 0 Å². The minimum atomic E-state index is 0.475. The number of nitrogens with zero attached hydrogens (tertiary/aromatic N) is 4. The van der Waals surface area contributed by atoms with Gasteiger partial charge in [0.15, 0.2) is 5.82 Å². The molecule has 0 radical (unpaired) electrons. The van der Waals surface area contributed by atoms with Crippen LogP contribution < -0.4 is 0 Å². The number of benzene rings is 1. The fraction of sp³-hybridized carbons (Fsp3) is 0.278. The minimum Gasteiger partial charge on any atom is -0.370 e. The predicted molar refractivity (Wildman–Crippen MR) is 88.5 cm³/mol. The molecule has 3 rings (SSSR count). The maximum Gasteiger partial charge on any atom is 0.181 e. The average Bonchev–Trinajstić information content (AvgIpc) is 3.02. The van der Waals surface area contributed by atoms with E-state index in [2.05, 4.69) is 34.1 Å². The zero-order chi connectivity index (χ0) is 16.1. The maximum atomic E-state index is 5.79. The van der Waals surface area contributed by atoms with E-state index in [-0.39, 0.29) is 0 Å². The molecule has 0 aliphatic carbocycles. The molecule has 0 atom stereocenters. The minimum absolute atomic E-state index is 0.475. The van der Waals surface area contributed by atoms with Crippen molar-refractivity contribution in [2.75, 3.05) is 0 Å². The van der Waals surface area contributed by atoms with Crippen molar-refractivity contribution in [3.8, 4) is 11.4 Å². The van der Waals surface area contributed by atoms with Gasteiger partial charge in [0, 0.05) is 18.3 Å². The van der Waals surface area contributed by atoms with Gasteiger partial charge in [0.2, 0.25) is 0 Å². The van der Waals surface area contributed by atoms with Gasteiger partial charge in [-0.25, -0.2) is 4.98 Å². The van der Waals surface area contributed by atoms with Crippen LogP contribution in [-0.2, 0) is 31.4 Å². The van der Waals surface area contributed by atoms with Crippen molar-refractivity contribution in [1.29, 1.82) is 0 Å². The van der Waals surface area contributed by atoms with E-state index in [0.29, 0.717) is 19.0 Å². The van der Waals surface area contributed by atoms with Crippen molar-refractivity contribution >= 4 is 0 Å². The Labute approximate surface area is 136 Å². The molecule has 0 saturated heterocycles. The van der Waals surface area contributed by atoms with Crippen LogP contribution in [0, 0.1) is 0 Å². The predicted octanol–water partition coefficient (Wildman–Crippen LogP) is 3.16. The molecule has 5 heteroatoms. The average molecular weight is 308 g/mol. The fourth-order valence-corrected chi connectivity index (χ4v) is 2.35. The lowest BCUT2D eigenvalue weighted by molar-refractivity contribution is 0.104. The Morgan fingerprint density at radius 1 is 1.04 bits per heavy atom. The molecule has 2 aromatic heterocycles. The number of hydrogen-bond acceptors (Lipinski definition) is 4. The normalized spacial score (nSPS) is 10.9. The van der Waals surface area contributed by atoms with Gasteiger partial charge in [-0.2, -0.15) is 5.10 Å². The SMILES string of the molecule is CCc1cc(-c2ncn(C)n2)cc(COCc2ccccc2)n1. The molecule has 118 valence electrons. The van der Waals surface area contributed by atoms with Gasteiger partial charge in [-0.15, -0.1) is 0 Å². The molecule has 0 amide bonds. The molecule has 0 aliphatic heterocycles. The van der Waals surface area contributed by atoms with E-state index in [1.165, 1.54) is 0 Å². The summed E-state index contributed by atoms with van der Waals surface area (Å²) < 4.78 is 7.49. The highest BCUT2D eigenvalue weighted by atomic mass is 16.5. The zero-order valence-corrected chi connectivity index (χ0v) is 13.4. The third-order valence-corrected chi connectivity index (χ3v) is 3.51. The number of rotatable bonds is 6. The largest absolute Gasteiger partial charge is 0.370 e. The van der Waals surface area contributed by atoms with Crippen molar-refractivity contribution in [3.05, 3.63) is 65.7 Å². The summed E-state index contributed by atoms with van der Waals surface area (Å²) in [5.74, 6) is 0.717. The number of pyridine rings is 1. The van der Waals surface area contributed by atoms with Crippen LogP contribution >= 0.6 is 0 Å². The third-order valence-electron chi connectivity index (χ3n) is 3.51. The first-order valence-corrected chi connectivity index (χ1v) is 7.72. The number of hydrogen-bond donors (Lipinski definition) is 0. The molecule has 23 heavy (non-hydrogen) atoms. The van der Waals surface area contributed by atoms with E-state index in [4.69, 9.17) is 4.74 Å². The van der Waals surface area contributed by atoms with Gasteiger partial charge in [0.25, 0.3) is 0 Å². The molecule has 0 aliphatic rings. The van der Waals surface area contributed by atoms with E-state index in [9.17, 15) is 0 Å². The van der Waals surface area contributed by atoms with Crippen molar-refractivity contribution in [1.82, 2.24) is 19.7 Å². The van der Waals surface area contributed by atoms with Crippen LogP contribution in [0.4, 0.5) is 0 Å². The molecule has 0 unspecified atom stereocenters. The van der Waals surface area contributed by atoms with Crippen molar-refractivity contribution < 1.29 is 4.74 Å². The maximum absolute atomic E-state index is 5.79. The Morgan fingerprint density at radius 2 is 1.83 bits per heavy atom. The Hall–Kier alpha value is -2.53. The van der Waals surface area contributed by atoms with Crippen LogP contribution in [0.3, 0.4) is 0 Å². The van der Waals surface area contributed by atoms with Crippen LogP contribution in [0.1, 0.15) is 23.9 Å². The molecule has 1 aromatic carbocycles. The van der Waals surface area contributed by atoms with Gasteiger partial charge in [0.05, 0.1) is 18.9 Å². The first-order chi connectivity index (χ1) is 11.2. The number of aromatic nitrogens is 4. The topological polar surface area (TPSA) is 52.8 Å². The summed E-state index contributed by atoms with van der Waals surface area (Å²) in [6.07, 6.45) is 2.57. The highest BCUT2D eigenvalue weighted by molar-refractivity contribution is 5.55. The van der Waals surface area contributed by atoms with Crippen LogP contribution in [0.2, 0.25) is 0 Å². The molecule has 0 fully saturated rings. The van der Waals surface area contributed by atoms with E-state index in [1.54, 1.807) is 11.0 Å². The lowest BCUT2D eigenvalue weighted by Gasteiger charge is -2.07. The summed E-state index contributed by atoms with van der Waals surface area (Å²) in [7, 11) is 1.86. The van der Waals surface area contributed by atoms with Crippen LogP contribution in [0.25, 0.3) is 11.4 Å². The third kappa shape index (κ3) is 4.02. The highest BCUT2D eigenvalue weighted by Crippen LogP contribution is 2.18. The van der Waals surface area contributed by atoms with E-state index in [1.807, 2.05) is 37.4 Å². The van der Waals surface area contributed by atoms with Crippen molar-refractivity contribution in [2.24, 2.45) is 7.05 Å². The summed E-state index contributed by atoms with van der Waals surface area (Å²) in [5.41, 5.74) is 4.07. The Morgan fingerprint density at radius 3 is 2.52 bits per heavy atom. The van der Waals surface area contributed by atoms with Gasteiger partial charge in [0.1, 0.15) is 6.33 Å². The smallest absolute Gasteiger partial charge is 0.181 e. The van der Waals surface area contributed by atoms with E-state index in [0.717, 1.165) is 28.9 Å². The van der Waals surface area contributed by atoms with Gasteiger partial charge < -0.3 is 4.74 Å². The first kappa shape index (κ1) is 15.4. The zero-order valence-electron chi connectivity index (χ0n) is 13.4. The standard InChI is InChI=1S/C18H20N4O/c1-3-16-9-15(18-19-13-22(2)21-18)10-17(20-16)12-23-11-14-7-5-4-6-8-14/h4-10,13H,3,11-12H2,1-2H3. The van der Waals surface area contributed by atoms with Gasteiger partial charge in [-0.05, 0) is 24.1 Å². The van der Waals surface area contributed by atoms with Gasteiger partial charge in [-0.1, -0.05) is 37.3 Å². The molecule has 3 aromatic rings. The first-order valence-electron chi connectivity index (χ1n) is 7.72. The van der Waals surface area contributed by atoms with Gasteiger partial charge >= 0.3 is 0 Å². The Balaban J connectivity index is 1.73. The summed E-state index contributed by atoms with van der Waals surface area (Å²) in [5, 5.41) is 4.36. The summed E-state index contributed by atoms with van der Waals surface area (Å²) >= 11 is 0. The second-order valence-electron chi connectivity index (χ2n) is 5.41. The molecule has 0 bridgehead atoms. The lowest BCUT2D eigenvalue weighted by Crippen LogP contribution is -2.00. The Kier molecular flexibility index (Phi) is 4.78. The molecule has 0 N–H and O–H groups in total. The summed E-state index contributed by atoms with van der Waals surface area (Å²) in [6, 6.07) is 14.2. The lowest BCUT2D eigenvalue weighted by atomic mass is 10.1. The van der Waals surface area contributed by atoms with E-state index < -0.39 is 0 Å². The fourth-order valence-electron chi connectivity index (χ4n) is 2.35. The quantitative estimate of drug-likeness (QED) is 0.702. The molecular formula is C18H20N4O. The number of ether oxygens (including phenoxy) is 1.